The van der Waals surface area contributed by atoms with Gasteiger partial charge in [0.15, 0.2) is 5.76 Å². The van der Waals surface area contributed by atoms with E-state index in [1.807, 2.05) is 0 Å². The molecule has 2 heterocycles. The average Bonchev–Trinajstić information content (AvgIpc) is 3.44. The minimum atomic E-state index is -4.70. The first-order valence-electron chi connectivity index (χ1n) is 9.33. The number of amides is 1. The number of carbonyl (C=O) groups is 1. The van der Waals surface area contributed by atoms with Gasteiger partial charge in [0.25, 0.3) is 5.91 Å². The van der Waals surface area contributed by atoms with Crippen molar-refractivity contribution in [3.63, 3.8) is 0 Å². The van der Waals surface area contributed by atoms with Gasteiger partial charge >= 0.3 is 12.1 Å². The number of alkyl halides is 3. The van der Waals surface area contributed by atoms with Crippen LogP contribution in [0.5, 0.6) is 11.5 Å². The van der Waals surface area contributed by atoms with E-state index < -0.39 is 18.0 Å². The van der Waals surface area contributed by atoms with Gasteiger partial charge in [0, 0.05) is 10.9 Å². The number of hydrogen-bond acceptors (Lipinski definition) is 7. The summed E-state index contributed by atoms with van der Waals surface area (Å²) < 4.78 is 58.0. The summed E-state index contributed by atoms with van der Waals surface area (Å²) >= 11 is 0. The molecule has 0 bridgehead atoms. The van der Waals surface area contributed by atoms with Crippen LogP contribution < -0.4 is 14.8 Å². The van der Waals surface area contributed by atoms with E-state index in [0.29, 0.717) is 22.6 Å². The van der Waals surface area contributed by atoms with Gasteiger partial charge in [-0.1, -0.05) is 5.16 Å². The lowest BCUT2D eigenvalue weighted by Crippen LogP contribution is -2.27. The molecular weight excluding hydrogens is 431 g/mol. The SMILES string of the molecule is COc1ccc2oc(C(=O)NCCOc3ccc(-c4noc(C(F)(F)F)n4)cc3)cc2c1. The van der Waals surface area contributed by atoms with E-state index >= 15 is 0 Å². The van der Waals surface area contributed by atoms with Gasteiger partial charge in [-0.15, -0.1) is 0 Å². The number of nitrogens with one attached hydrogen (secondary N) is 1. The summed E-state index contributed by atoms with van der Waals surface area (Å²) in [5, 5.41) is 6.75. The molecule has 166 valence electrons. The second kappa shape index (κ2) is 8.61. The summed E-state index contributed by atoms with van der Waals surface area (Å²) in [6.07, 6.45) is -4.70. The summed E-state index contributed by atoms with van der Waals surface area (Å²) in [5.74, 6) is -0.706. The first kappa shape index (κ1) is 21.2. The van der Waals surface area contributed by atoms with E-state index in [1.54, 1.807) is 43.5 Å². The Hall–Kier alpha value is -4.02. The number of fused-ring (bicyclic) bond motifs is 1. The third-order valence-corrected chi connectivity index (χ3v) is 4.38. The fourth-order valence-electron chi connectivity index (χ4n) is 2.84. The van der Waals surface area contributed by atoms with E-state index in [-0.39, 0.29) is 24.7 Å². The Kier molecular flexibility index (Phi) is 5.71. The number of benzene rings is 2. The van der Waals surface area contributed by atoms with Gasteiger partial charge in [0.1, 0.15) is 23.7 Å². The van der Waals surface area contributed by atoms with Gasteiger partial charge in [-0.2, -0.15) is 18.2 Å². The zero-order valence-corrected chi connectivity index (χ0v) is 16.6. The van der Waals surface area contributed by atoms with E-state index in [4.69, 9.17) is 13.9 Å². The number of aromatic nitrogens is 2. The number of hydrogen-bond donors (Lipinski definition) is 1. The Morgan fingerprint density at radius 1 is 1.09 bits per heavy atom. The van der Waals surface area contributed by atoms with Crippen molar-refractivity contribution >= 4 is 16.9 Å². The molecule has 2 aromatic carbocycles. The van der Waals surface area contributed by atoms with Gasteiger partial charge in [0.2, 0.25) is 5.82 Å². The number of carbonyl (C=O) groups excluding carboxylic acids is 1. The Bertz CT molecular complexity index is 1230. The minimum Gasteiger partial charge on any atom is -0.497 e. The summed E-state index contributed by atoms with van der Waals surface area (Å²) in [4.78, 5) is 15.6. The first-order chi connectivity index (χ1) is 15.3. The van der Waals surface area contributed by atoms with Gasteiger partial charge in [-0.05, 0) is 48.5 Å². The van der Waals surface area contributed by atoms with Crippen LogP contribution in [0, 0.1) is 0 Å². The number of halogens is 3. The third kappa shape index (κ3) is 4.66. The van der Waals surface area contributed by atoms with Crippen LogP contribution in [0.4, 0.5) is 13.2 Å². The molecule has 0 saturated heterocycles. The van der Waals surface area contributed by atoms with Crippen LogP contribution >= 0.6 is 0 Å². The number of rotatable bonds is 7. The summed E-state index contributed by atoms with van der Waals surface area (Å²) in [6, 6.07) is 12.9. The molecule has 2 aromatic heterocycles. The molecular formula is C21H16F3N3O5. The maximum Gasteiger partial charge on any atom is 0.471 e. The molecule has 1 amide bonds. The van der Waals surface area contributed by atoms with Crippen LogP contribution in [0.2, 0.25) is 0 Å². The fraction of sp³-hybridized carbons (Fsp3) is 0.190. The number of methoxy groups -OCH3 is 1. The molecule has 0 spiro atoms. The van der Waals surface area contributed by atoms with Gasteiger partial charge < -0.3 is 23.7 Å². The molecule has 1 N–H and O–H groups in total. The topological polar surface area (TPSA) is 99.6 Å². The Morgan fingerprint density at radius 2 is 1.84 bits per heavy atom. The Balaban J connectivity index is 1.28. The largest absolute Gasteiger partial charge is 0.497 e. The molecule has 0 fully saturated rings. The van der Waals surface area contributed by atoms with Crippen molar-refractivity contribution in [1.29, 1.82) is 0 Å². The van der Waals surface area contributed by atoms with Crippen LogP contribution in [0.3, 0.4) is 0 Å². The van der Waals surface area contributed by atoms with Crippen molar-refractivity contribution in [1.82, 2.24) is 15.5 Å². The maximum absolute atomic E-state index is 12.5. The smallest absolute Gasteiger partial charge is 0.471 e. The molecule has 8 nitrogen and oxygen atoms in total. The standard InChI is InChI=1S/C21H16F3N3O5/c1-29-15-6-7-16-13(10-15)11-17(31-16)19(28)25-8-9-30-14-4-2-12(3-5-14)18-26-20(32-27-18)21(22,23)24/h2-7,10-11H,8-9H2,1H3,(H,25,28). The quantitative estimate of drug-likeness (QED) is 0.421. The highest BCUT2D eigenvalue weighted by Crippen LogP contribution is 2.29. The molecule has 0 aliphatic rings. The van der Waals surface area contributed by atoms with Crippen LogP contribution in [0.25, 0.3) is 22.4 Å². The second-order valence-electron chi connectivity index (χ2n) is 6.56. The molecule has 0 saturated carbocycles. The van der Waals surface area contributed by atoms with Crippen molar-refractivity contribution < 1.29 is 36.4 Å². The van der Waals surface area contributed by atoms with Crippen molar-refractivity contribution in [2.24, 2.45) is 0 Å². The van der Waals surface area contributed by atoms with Crippen molar-refractivity contribution in [3.05, 3.63) is 60.2 Å². The lowest BCUT2D eigenvalue weighted by molar-refractivity contribution is -0.159. The minimum absolute atomic E-state index is 0.163. The van der Waals surface area contributed by atoms with Crippen molar-refractivity contribution in [2.45, 2.75) is 6.18 Å². The average molecular weight is 447 g/mol. The Labute approximate surface area is 178 Å². The highest BCUT2D eigenvalue weighted by Gasteiger charge is 2.38. The lowest BCUT2D eigenvalue weighted by Gasteiger charge is -2.07. The summed E-state index contributed by atoms with van der Waals surface area (Å²) in [6.45, 7) is 0.375. The van der Waals surface area contributed by atoms with Crippen LogP contribution in [0.15, 0.2) is 57.5 Å². The molecule has 4 rings (SSSR count). The van der Waals surface area contributed by atoms with Crippen molar-refractivity contribution in [3.8, 4) is 22.9 Å². The first-order valence-corrected chi connectivity index (χ1v) is 9.33. The lowest BCUT2D eigenvalue weighted by atomic mass is 10.2. The van der Waals surface area contributed by atoms with Gasteiger partial charge in [0.05, 0.1) is 13.7 Å². The molecule has 0 unspecified atom stereocenters. The predicted molar refractivity (Wildman–Crippen MR) is 105 cm³/mol. The second-order valence-corrected chi connectivity index (χ2v) is 6.56. The van der Waals surface area contributed by atoms with Gasteiger partial charge in [-0.3, -0.25) is 4.79 Å². The molecule has 0 radical (unpaired) electrons. The number of ether oxygens (including phenoxy) is 2. The third-order valence-electron chi connectivity index (χ3n) is 4.38. The molecule has 0 atom stereocenters. The monoisotopic (exact) mass is 447 g/mol. The highest BCUT2D eigenvalue weighted by molar-refractivity contribution is 5.96. The van der Waals surface area contributed by atoms with Crippen LogP contribution in [-0.4, -0.2) is 36.3 Å². The van der Waals surface area contributed by atoms with E-state index in [2.05, 4.69) is 20.0 Å². The fourth-order valence-corrected chi connectivity index (χ4v) is 2.84. The van der Waals surface area contributed by atoms with E-state index in [1.165, 1.54) is 12.1 Å². The molecule has 4 aromatic rings. The van der Waals surface area contributed by atoms with Crippen LogP contribution in [0.1, 0.15) is 16.4 Å². The molecule has 0 aliphatic heterocycles. The van der Waals surface area contributed by atoms with Gasteiger partial charge in [-0.25, -0.2) is 0 Å². The van der Waals surface area contributed by atoms with E-state index in [9.17, 15) is 18.0 Å². The zero-order valence-electron chi connectivity index (χ0n) is 16.6. The molecule has 32 heavy (non-hydrogen) atoms. The van der Waals surface area contributed by atoms with E-state index in [0.717, 1.165) is 5.39 Å². The number of nitrogens with zero attached hydrogens (tertiary/aromatic N) is 2. The zero-order chi connectivity index (χ0) is 22.7. The summed E-state index contributed by atoms with van der Waals surface area (Å²) in [7, 11) is 1.55. The molecule has 11 heteroatoms. The predicted octanol–water partition coefficient (Wildman–Crippen LogP) is 4.32. The molecule has 0 aliphatic carbocycles. The Morgan fingerprint density at radius 3 is 2.53 bits per heavy atom. The normalized spacial score (nSPS) is 11.5. The summed E-state index contributed by atoms with van der Waals surface area (Å²) in [5.41, 5.74) is 0.905. The maximum atomic E-state index is 12.5. The van der Waals surface area contributed by atoms with Crippen LogP contribution in [-0.2, 0) is 6.18 Å². The highest BCUT2D eigenvalue weighted by atomic mass is 19.4. The number of furan rings is 1. The van der Waals surface area contributed by atoms with Crippen molar-refractivity contribution in [2.75, 3.05) is 20.3 Å².